The van der Waals surface area contributed by atoms with Gasteiger partial charge in [0.2, 0.25) is 5.91 Å². The molecule has 79 heavy (non-hydrogen) atoms. The van der Waals surface area contributed by atoms with Gasteiger partial charge in [-0.2, -0.15) is 0 Å². The number of carbonyl (C=O) groups excluding carboxylic acids is 1. The normalized spacial score (nSPS) is 24.8. The van der Waals surface area contributed by atoms with Crippen molar-refractivity contribution in [2.24, 2.45) is 0 Å². The monoisotopic (exact) mass is 1120 g/mol. The molecule has 0 aromatic carbocycles. The molecule has 2 aliphatic rings. The molecule has 2 rings (SSSR count). The second kappa shape index (κ2) is 50.2. The molecule has 0 saturated carbocycles. The molecule has 14 nitrogen and oxygen atoms in total. The van der Waals surface area contributed by atoms with Crippen LogP contribution in [-0.4, -0.2) is 140 Å². The number of amides is 1. The standard InChI is InChI=1S/C65H117NO13/c1-3-5-7-9-11-13-15-17-19-21-23-25-26-27-29-30-32-34-36-38-40-42-44-46-48-54(69)53(52-76-64-62(75)60(73)63(56(51-68)78-64)79-65-61(74)59(72)58(71)55(50-67)77-65)66-57(70)49-47-45-43-41-39-37-35-33-31-28-24-22-20-18-16-14-12-10-8-6-4-2/h6,8,12,14,18,20,24,28,33,35,53-56,58-65,67-69,71-75H,3-5,7,9-11,13,15-17,19,21-23,25-27,29-32,34,36-52H2,1-2H3,(H,66,70)/b8-6-,14-12-,20-18-,28-24-,35-33-. The van der Waals surface area contributed by atoms with E-state index in [4.69, 9.17) is 18.9 Å². The van der Waals surface area contributed by atoms with Crippen molar-refractivity contribution in [2.45, 2.75) is 325 Å². The molecule has 460 valence electrons. The summed E-state index contributed by atoms with van der Waals surface area (Å²) in [6, 6.07) is -0.843. The van der Waals surface area contributed by atoms with Crippen molar-refractivity contribution in [3.8, 4) is 0 Å². The van der Waals surface area contributed by atoms with Gasteiger partial charge in [0.1, 0.15) is 48.8 Å². The molecule has 2 heterocycles. The first-order chi connectivity index (χ1) is 38.6. The Bertz CT molecular complexity index is 1560. The summed E-state index contributed by atoms with van der Waals surface area (Å²) in [7, 11) is 0. The number of allylic oxidation sites excluding steroid dienone is 10. The second-order valence-electron chi connectivity index (χ2n) is 22.5. The Balaban J connectivity index is 1.73. The summed E-state index contributed by atoms with van der Waals surface area (Å²) in [5.74, 6) is -0.225. The Labute approximate surface area is 479 Å². The molecule has 0 bridgehead atoms. The van der Waals surface area contributed by atoms with Gasteiger partial charge in [-0.1, -0.05) is 248 Å². The molecular formula is C65H117NO13. The molecule has 12 unspecified atom stereocenters. The number of unbranched alkanes of at least 4 members (excludes halogenated alkanes) is 28. The summed E-state index contributed by atoms with van der Waals surface area (Å²) in [5.41, 5.74) is 0. The lowest BCUT2D eigenvalue weighted by Crippen LogP contribution is -2.65. The van der Waals surface area contributed by atoms with Gasteiger partial charge in [-0.3, -0.25) is 4.79 Å². The summed E-state index contributed by atoms with van der Waals surface area (Å²) in [6.07, 6.45) is 47.9. The number of carbonyl (C=O) groups is 1. The van der Waals surface area contributed by atoms with Crippen LogP contribution in [0.5, 0.6) is 0 Å². The maximum Gasteiger partial charge on any atom is 0.220 e. The van der Waals surface area contributed by atoms with Crippen LogP contribution in [0.25, 0.3) is 0 Å². The van der Waals surface area contributed by atoms with Crippen molar-refractivity contribution in [3.63, 3.8) is 0 Å². The Morgan fingerprint density at radius 1 is 0.468 bits per heavy atom. The maximum atomic E-state index is 13.3. The predicted octanol–water partition coefficient (Wildman–Crippen LogP) is 11.7. The molecule has 0 radical (unpaired) electrons. The van der Waals surface area contributed by atoms with E-state index in [-0.39, 0.29) is 18.9 Å². The number of ether oxygens (including phenoxy) is 4. The van der Waals surface area contributed by atoms with Crippen LogP contribution < -0.4 is 5.32 Å². The smallest absolute Gasteiger partial charge is 0.220 e. The van der Waals surface area contributed by atoms with Crippen molar-refractivity contribution >= 4 is 5.91 Å². The topological polar surface area (TPSA) is 228 Å². The third kappa shape index (κ3) is 35.4. The van der Waals surface area contributed by atoms with Crippen LogP contribution in [0.1, 0.15) is 251 Å². The van der Waals surface area contributed by atoms with Crippen molar-refractivity contribution in [1.29, 1.82) is 0 Å². The molecule has 0 aliphatic carbocycles. The first-order valence-electron chi connectivity index (χ1n) is 32.0. The maximum absolute atomic E-state index is 13.3. The lowest BCUT2D eigenvalue weighted by Gasteiger charge is -2.46. The molecular weight excluding hydrogens is 1000 g/mol. The molecule has 2 aliphatic heterocycles. The second-order valence-corrected chi connectivity index (χ2v) is 22.5. The molecule has 2 saturated heterocycles. The summed E-state index contributed by atoms with van der Waals surface area (Å²) in [5, 5.41) is 87.4. The summed E-state index contributed by atoms with van der Waals surface area (Å²) in [6.45, 7) is 2.75. The van der Waals surface area contributed by atoms with Crippen LogP contribution in [0.4, 0.5) is 0 Å². The minimum atomic E-state index is -1.79. The zero-order valence-corrected chi connectivity index (χ0v) is 49.6. The van der Waals surface area contributed by atoms with Gasteiger partial charge in [0.15, 0.2) is 12.6 Å². The molecule has 0 aromatic heterocycles. The van der Waals surface area contributed by atoms with E-state index in [1.807, 2.05) is 0 Å². The molecule has 9 N–H and O–H groups in total. The van der Waals surface area contributed by atoms with E-state index < -0.39 is 86.8 Å². The molecule has 2 fully saturated rings. The van der Waals surface area contributed by atoms with Crippen molar-refractivity contribution in [3.05, 3.63) is 60.8 Å². The number of hydrogen-bond donors (Lipinski definition) is 9. The third-order valence-electron chi connectivity index (χ3n) is 15.5. The van der Waals surface area contributed by atoms with Crippen molar-refractivity contribution in [1.82, 2.24) is 5.32 Å². The van der Waals surface area contributed by atoms with Crippen LogP contribution in [0.3, 0.4) is 0 Å². The molecule has 0 aromatic rings. The first kappa shape index (κ1) is 72.8. The van der Waals surface area contributed by atoms with E-state index in [0.717, 1.165) is 89.9 Å². The lowest BCUT2D eigenvalue weighted by molar-refractivity contribution is -0.359. The highest BCUT2D eigenvalue weighted by Crippen LogP contribution is 2.30. The highest BCUT2D eigenvalue weighted by Gasteiger charge is 2.51. The average molecular weight is 1120 g/mol. The Hall–Kier alpha value is -2.31. The molecule has 0 spiro atoms. The lowest BCUT2D eigenvalue weighted by atomic mass is 9.97. The van der Waals surface area contributed by atoms with E-state index >= 15 is 0 Å². The number of aliphatic hydroxyl groups is 8. The average Bonchev–Trinajstić information content (AvgIpc) is 3.47. The zero-order valence-electron chi connectivity index (χ0n) is 49.6. The van der Waals surface area contributed by atoms with E-state index in [0.29, 0.717) is 12.8 Å². The van der Waals surface area contributed by atoms with Crippen LogP contribution in [0.15, 0.2) is 60.8 Å². The Morgan fingerprint density at radius 3 is 1.34 bits per heavy atom. The van der Waals surface area contributed by atoms with Gasteiger partial charge < -0.3 is 65.1 Å². The molecule has 14 heteroatoms. The van der Waals surface area contributed by atoms with E-state index in [1.165, 1.54) is 128 Å². The van der Waals surface area contributed by atoms with Crippen LogP contribution in [0.2, 0.25) is 0 Å². The fourth-order valence-electron chi connectivity index (χ4n) is 10.4. The van der Waals surface area contributed by atoms with Gasteiger partial charge in [0.05, 0.1) is 32.0 Å². The largest absolute Gasteiger partial charge is 0.394 e. The number of nitrogens with one attached hydrogen (secondary N) is 1. The van der Waals surface area contributed by atoms with E-state index in [9.17, 15) is 45.6 Å². The third-order valence-corrected chi connectivity index (χ3v) is 15.5. The van der Waals surface area contributed by atoms with E-state index in [2.05, 4.69) is 79.9 Å². The fourth-order valence-corrected chi connectivity index (χ4v) is 10.4. The van der Waals surface area contributed by atoms with Gasteiger partial charge in [-0.05, 0) is 57.8 Å². The summed E-state index contributed by atoms with van der Waals surface area (Å²) < 4.78 is 22.9. The number of hydrogen-bond acceptors (Lipinski definition) is 13. The van der Waals surface area contributed by atoms with Gasteiger partial charge in [-0.25, -0.2) is 0 Å². The minimum absolute atomic E-state index is 0.225. The van der Waals surface area contributed by atoms with Crippen LogP contribution >= 0.6 is 0 Å². The Kier molecular flexibility index (Phi) is 46.3. The van der Waals surface area contributed by atoms with Crippen molar-refractivity contribution in [2.75, 3.05) is 19.8 Å². The zero-order chi connectivity index (χ0) is 57.4. The van der Waals surface area contributed by atoms with Crippen molar-refractivity contribution < 1.29 is 64.6 Å². The molecule has 1 amide bonds. The van der Waals surface area contributed by atoms with E-state index in [1.54, 1.807) is 0 Å². The number of aliphatic hydroxyl groups excluding tert-OH is 8. The van der Waals surface area contributed by atoms with Gasteiger partial charge in [0, 0.05) is 6.42 Å². The summed E-state index contributed by atoms with van der Waals surface area (Å²) >= 11 is 0. The quantitative estimate of drug-likeness (QED) is 0.0204. The highest BCUT2D eigenvalue weighted by molar-refractivity contribution is 5.76. The highest BCUT2D eigenvalue weighted by atomic mass is 16.7. The first-order valence-corrected chi connectivity index (χ1v) is 32.0. The van der Waals surface area contributed by atoms with Crippen LogP contribution in [0, 0.1) is 0 Å². The Morgan fingerprint density at radius 2 is 0.873 bits per heavy atom. The number of rotatable bonds is 51. The summed E-state index contributed by atoms with van der Waals surface area (Å²) in [4.78, 5) is 13.3. The fraction of sp³-hybridized carbons (Fsp3) is 0.831. The SMILES string of the molecule is CC/C=C\C/C=C\C/C=C\C/C=C\C/C=C\CCCCCCCC(=O)NC(COC1OC(CO)C(OC2OC(CO)C(O)C(O)C2O)C(O)C1O)C(O)CCCCCCCCCCCCCCCCCCCCCCCCCC. The van der Waals surface area contributed by atoms with Gasteiger partial charge in [0.25, 0.3) is 0 Å². The van der Waals surface area contributed by atoms with Gasteiger partial charge >= 0.3 is 0 Å². The van der Waals surface area contributed by atoms with Gasteiger partial charge in [-0.15, -0.1) is 0 Å². The predicted molar refractivity (Wildman–Crippen MR) is 318 cm³/mol. The minimum Gasteiger partial charge on any atom is -0.394 e. The molecule has 12 atom stereocenters. The van der Waals surface area contributed by atoms with Crippen LogP contribution in [-0.2, 0) is 23.7 Å².